The third-order valence-corrected chi connectivity index (χ3v) is 4.62. The van der Waals surface area contributed by atoms with Gasteiger partial charge < -0.3 is 10.1 Å². The number of aromatic nitrogens is 2. The Morgan fingerprint density at radius 3 is 2.67 bits per heavy atom. The molecular formula is C17H14ClFN4O6S. The third-order valence-electron chi connectivity index (χ3n) is 3.73. The predicted molar refractivity (Wildman–Crippen MR) is 107 cm³/mol. The van der Waals surface area contributed by atoms with Gasteiger partial charge in [-0.1, -0.05) is 11.6 Å². The summed E-state index contributed by atoms with van der Waals surface area (Å²) >= 11 is 5.77. The van der Waals surface area contributed by atoms with E-state index in [1.54, 1.807) is 0 Å². The number of benzene rings is 2. The van der Waals surface area contributed by atoms with Crippen molar-refractivity contribution in [3.63, 3.8) is 0 Å². The Hall–Kier alpha value is -3.09. The lowest BCUT2D eigenvalue weighted by Gasteiger charge is -2.11. The van der Waals surface area contributed by atoms with Crippen molar-refractivity contribution in [2.75, 3.05) is 24.8 Å². The lowest BCUT2D eigenvalue weighted by Crippen LogP contribution is -2.12. The highest BCUT2D eigenvalue weighted by molar-refractivity contribution is 7.85. The Labute approximate surface area is 174 Å². The van der Waals surface area contributed by atoms with Crippen molar-refractivity contribution in [1.29, 1.82) is 0 Å². The van der Waals surface area contributed by atoms with Gasteiger partial charge in [-0.15, -0.1) is 0 Å². The fourth-order valence-electron chi connectivity index (χ4n) is 2.48. The first-order valence-electron chi connectivity index (χ1n) is 8.26. The van der Waals surface area contributed by atoms with Gasteiger partial charge in [0.05, 0.1) is 27.1 Å². The molecule has 0 spiro atoms. The van der Waals surface area contributed by atoms with Gasteiger partial charge in [-0.2, -0.15) is 8.42 Å². The van der Waals surface area contributed by atoms with Crippen LogP contribution >= 0.6 is 11.6 Å². The molecule has 30 heavy (non-hydrogen) atoms. The molecule has 158 valence electrons. The Kier molecular flexibility index (Phi) is 6.29. The summed E-state index contributed by atoms with van der Waals surface area (Å²) in [7, 11) is -3.66. The van der Waals surface area contributed by atoms with Gasteiger partial charge in [0.25, 0.3) is 10.1 Å². The van der Waals surface area contributed by atoms with E-state index in [9.17, 15) is 22.9 Å². The molecule has 10 nitrogen and oxygen atoms in total. The monoisotopic (exact) mass is 456 g/mol. The Balaban J connectivity index is 1.93. The summed E-state index contributed by atoms with van der Waals surface area (Å²) in [6, 6.07) is 6.50. The molecule has 0 fully saturated rings. The average Bonchev–Trinajstić information content (AvgIpc) is 2.67. The van der Waals surface area contributed by atoms with Crippen LogP contribution in [0.1, 0.15) is 0 Å². The number of halogens is 2. The first kappa shape index (κ1) is 21.6. The molecule has 0 aliphatic heterocycles. The number of nitro benzene ring substituents is 1. The Bertz CT molecular complexity index is 1220. The minimum atomic E-state index is -3.66. The molecule has 0 atom stereocenters. The minimum absolute atomic E-state index is 0.101. The van der Waals surface area contributed by atoms with Crippen LogP contribution in [-0.2, 0) is 14.3 Å². The van der Waals surface area contributed by atoms with Crippen LogP contribution in [0, 0.1) is 15.9 Å². The van der Waals surface area contributed by atoms with Crippen LogP contribution in [-0.4, -0.2) is 42.8 Å². The normalized spacial score (nSPS) is 11.4. The number of hydrogen-bond acceptors (Lipinski definition) is 9. The van der Waals surface area contributed by atoms with Crippen molar-refractivity contribution in [2.24, 2.45) is 0 Å². The van der Waals surface area contributed by atoms with E-state index < -0.39 is 20.9 Å². The molecule has 0 unspecified atom stereocenters. The van der Waals surface area contributed by atoms with E-state index in [4.69, 9.17) is 16.3 Å². The molecule has 3 rings (SSSR count). The average molecular weight is 457 g/mol. The lowest BCUT2D eigenvalue weighted by molar-refractivity contribution is -0.385. The highest BCUT2D eigenvalue weighted by Crippen LogP contribution is 2.35. The van der Waals surface area contributed by atoms with Crippen molar-refractivity contribution >= 4 is 49.8 Å². The van der Waals surface area contributed by atoms with Crippen LogP contribution in [0.3, 0.4) is 0 Å². The van der Waals surface area contributed by atoms with Crippen LogP contribution in [0.4, 0.5) is 21.6 Å². The summed E-state index contributed by atoms with van der Waals surface area (Å²) in [6.45, 7) is -0.542. The minimum Gasteiger partial charge on any atom is -0.484 e. The summed E-state index contributed by atoms with van der Waals surface area (Å²) in [4.78, 5) is 19.0. The number of rotatable bonds is 8. The highest BCUT2D eigenvalue weighted by atomic mass is 35.5. The smallest absolute Gasteiger partial charge is 0.311 e. The fraction of sp³-hybridized carbons (Fsp3) is 0.176. The topological polar surface area (TPSA) is 134 Å². The molecule has 0 bridgehead atoms. The fourth-order valence-corrected chi connectivity index (χ4v) is 3.03. The molecule has 0 saturated heterocycles. The maximum atomic E-state index is 13.4. The number of nitrogens with one attached hydrogen (secondary N) is 1. The van der Waals surface area contributed by atoms with Crippen LogP contribution < -0.4 is 10.1 Å². The van der Waals surface area contributed by atoms with E-state index in [-0.39, 0.29) is 35.5 Å². The zero-order valence-corrected chi connectivity index (χ0v) is 16.9. The molecule has 0 amide bonds. The van der Waals surface area contributed by atoms with E-state index in [1.807, 2.05) is 0 Å². The van der Waals surface area contributed by atoms with Crippen molar-refractivity contribution in [3.05, 3.63) is 57.6 Å². The number of fused-ring (bicyclic) bond motifs is 1. The molecule has 0 radical (unpaired) electrons. The summed E-state index contributed by atoms with van der Waals surface area (Å²) in [5.74, 6) is -0.469. The van der Waals surface area contributed by atoms with E-state index in [1.165, 1.54) is 36.7 Å². The maximum absolute atomic E-state index is 13.4. The van der Waals surface area contributed by atoms with E-state index >= 15 is 0 Å². The van der Waals surface area contributed by atoms with Crippen LogP contribution in [0.15, 0.2) is 36.7 Å². The molecule has 0 aliphatic rings. The third kappa shape index (κ3) is 5.28. The van der Waals surface area contributed by atoms with Crippen molar-refractivity contribution in [3.8, 4) is 5.75 Å². The number of nitrogens with zero attached hydrogens (tertiary/aromatic N) is 3. The van der Waals surface area contributed by atoms with E-state index in [0.29, 0.717) is 16.6 Å². The Morgan fingerprint density at radius 2 is 2.00 bits per heavy atom. The number of ether oxygens (including phenoxy) is 1. The molecule has 0 saturated carbocycles. The highest BCUT2D eigenvalue weighted by Gasteiger charge is 2.20. The maximum Gasteiger partial charge on any atom is 0.311 e. The van der Waals surface area contributed by atoms with Crippen LogP contribution in [0.2, 0.25) is 5.02 Å². The second kappa shape index (κ2) is 8.73. The molecule has 0 aliphatic carbocycles. The zero-order valence-electron chi connectivity index (χ0n) is 15.3. The van der Waals surface area contributed by atoms with Gasteiger partial charge in [0.2, 0.25) is 0 Å². The number of anilines is 2. The largest absolute Gasteiger partial charge is 0.484 e. The molecule has 1 aromatic heterocycles. The summed E-state index contributed by atoms with van der Waals surface area (Å²) in [5.41, 5.74) is 0.365. The van der Waals surface area contributed by atoms with E-state index in [0.717, 1.165) is 6.26 Å². The van der Waals surface area contributed by atoms with Crippen LogP contribution in [0.25, 0.3) is 10.9 Å². The standard InChI is InChI=1S/C17H14ClFN4O6S/c1-30(26,27)29-5-4-28-16-8-14-11(7-15(16)23(24)25)17(21-9-20-14)22-10-2-3-13(19)12(18)6-10/h2-3,6-9H,4-5H2,1H3,(H,20,21,22). The van der Waals surface area contributed by atoms with Crippen molar-refractivity contribution in [2.45, 2.75) is 0 Å². The first-order valence-corrected chi connectivity index (χ1v) is 10.5. The molecule has 2 aromatic carbocycles. The molecule has 1 N–H and O–H groups in total. The van der Waals surface area contributed by atoms with Gasteiger partial charge >= 0.3 is 5.69 Å². The van der Waals surface area contributed by atoms with Gasteiger partial charge in [0.1, 0.15) is 31.2 Å². The number of nitro groups is 1. The van der Waals surface area contributed by atoms with Crippen LogP contribution in [0.5, 0.6) is 5.75 Å². The number of hydrogen-bond donors (Lipinski definition) is 1. The summed E-state index contributed by atoms with van der Waals surface area (Å²) < 4.78 is 45.2. The Morgan fingerprint density at radius 1 is 1.23 bits per heavy atom. The second-order valence-corrected chi connectivity index (χ2v) is 8.00. The quantitative estimate of drug-likeness (QED) is 0.234. The molecule has 3 aromatic rings. The SMILES string of the molecule is CS(=O)(=O)OCCOc1cc2ncnc(Nc3ccc(F)c(Cl)c3)c2cc1[N+](=O)[O-]. The van der Waals surface area contributed by atoms with Crippen molar-refractivity contribution < 1.29 is 26.7 Å². The predicted octanol–water partition coefficient (Wildman–Crippen LogP) is 3.43. The lowest BCUT2D eigenvalue weighted by atomic mass is 10.2. The van der Waals surface area contributed by atoms with Gasteiger partial charge in [0.15, 0.2) is 5.75 Å². The van der Waals surface area contributed by atoms with Gasteiger partial charge in [0, 0.05) is 17.8 Å². The molecular weight excluding hydrogens is 443 g/mol. The van der Waals surface area contributed by atoms with Gasteiger partial charge in [-0.3, -0.25) is 14.3 Å². The van der Waals surface area contributed by atoms with E-state index in [2.05, 4.69) is 19.5 Å². The first-order chi connectivity index (χ1) is 14.1. The summed E-state index contributed by atoms with van der Waals surface area (Å²) in [6.07, 6.45) is 2.11. The summed E-state index contributed by atoms with van der Waals surface area (Å²) in [5, 5.41) is 14.6. The molecule has 1 heterocycles. The van der Waals surface area contributed by atoms with Crippen molar-refractivity contribution in [1.82, 2.24) is 9.97 Å². The zero-order chi connectivity index (χ0) is 21.9. The van der Waals surface area contributed by atoms with Gasteiger partial charge in [-0.05, 0) is 18.2 Å². The van der Waals surface area contributed by atoms with Gasteiger partial charge in [-0.25, -0.2) is 14.4 Å². The second-order valence-electron chi connectivity index (χ2n) is 5.94. The molecule has 13 heteroatoms.